The first-order valence-corrected chi connectivity index (χ1v) is 6.35. The molecular formula is C13H28O. The summed E-state index contributed by atoms with van der Waals surface area (Å²) in [5, 5.41) is 9.13. The Labute approximate surface area is 89.9 Å². The molecule has 0 aromatic rings. The van der Waals surface area contributed by atoms with Crippen molar-refractivity contribution in [2.45, 2.75) is 72.1 Å². The van der Waals surface area contributed by atoms with E-state index in [1.54, 1.807) is 0 Å². The molecule has 0 atom stereocenters. The minimum absolute atomic E-state index is 0.362. The lowest BCUT2D eigenvalue weighted by Crippen LogP contribution is -2.21. The van der Waals surface area contributed by atoms with Crippen LogP contribution in [0.5, 0.6) is 0 Å². The maximum Gasteiger partial charge on any atom is 0.0436 e. The number of aliphatic hydroxyl groups excluding tert-OH is 1. The third-order valence-electron chi connectivity index (χ3n) is 3.51. The van der Waals surface area contributed by atoms with Crippen molar-refractivity contribution in [3.63, 3.8) is 0 Å². The Morgan fingerprint density at radius 3 is 1.64 bits per heavy atom. The number of aliphatic hydroxyl groups is 1. The molecule has 0 heterocycles. The van der Waals surface area contributed by atoms with Crippen LogP contribution in [0.15, 0.2) is 0 Å². The van der Waals surface area contributed by atoms with E-state index in [-0.39, 0.29) is 0 Å². The molecule has 0 aromatic heterocycles. The average Bonchev–Trinajstić information content (AvgIpc) is 2.22. The average molecular weight is 200 g/mol. The van der Waals surface area contributed by atoms with Crippen molar-refractivity contribution < 1.29 is 5.11 Å². The molecule has 0 spiro atoms. The summed E-state index contributed by atoms with van der Waals surface area (Å²) in [5.74, 6) is 0. The Bertz CT molecular complexity index is 112. The zero-order valence-electron chi connectivity index (χ0n) is 10.3. The van der Waals surface area contributed by atoms with Gasteiger partial charge in [-0.1, -0.05) is 52.9 Å². The van der Waals surface area contributed by atoms with Crippen molar-refractivity contribution in [1.82, 2.24) is 0 Å². The topological polar surface area (TPSA) is 20.2 Å². The van der Waals surface area contributed by atoms with Crippen molar-refractivity contribution in [3.05, 3.63) is 0 Å². The second-order valence-electron chi connectivity index (χ2n) is 4.53. The van der Waals surface area contributed by atoms with Gasteiger partial charge in [-0.2, -0.15) is 0 Å². The molecule has 14 heavy (non-hydrogen) atoms. The van der Waals surface area contributed by atoms with Crippen molar-refractivity contribution in [2.75, 3.05) is 6.61 Å². The van der Waals surface area contributed by atoms with Crippen LogP contribution >= 0.6 is 0 Å². The van der Waals surface area contributed by atoms with Crippen molar-refractivity contribution in [1.29, 1.82) is 0 Å². The first-order chi connectivity index (χ1) is 6.74. The van der Waals surface area contributed by atoms with Gasteiger partial charge in [0.05, 0.1) is 0 Å². The van der Waals surface area contributed by atoms with Gasteiger partial charge in [0.25, 0.3) is 0 Å². The minimum atomic E-state index is 0.362. The van der Waals surface area contributed by atoms with Crippen molar-refractivity contribution in [3.8, 4) is 0 Å². The van der Waals surface area contributed by atoms with Crippen LogP contribution < -0.4 is 0 Å². The van der Waals surface area contributed by atoms with E-state index in [9.17, 15) is 0 Å². The molecule has 1 heteroatoms. The molecule has 0 rings (SSSR count). The molecule has 0 aliphatic carbocycles. The number of rotatable bonds is 9. The maximum atomic E-state index is 9.13. The summed E-state index contributed by atoms with van der Waals surface area (Å²) < 4.78 is 0. The van der Waals surface area contributed by atoms with Crippen LogP contribution in [0.3, 0.4) is 0 Å². The van der Waals surface area contributed by atoms with Crippen molar-refractivity contribution in [2.24, 2.45) is 5.41 Å². The van der Waals surface area contributed by atoms with Crippen LogP contribution in [0.25, 0.3) is 0 Å². The maximum absolute atomic E-state index is 9.13. The Balaban J connectivity index is 4.11. The third kappa shape index (κ3) is 4.99. The van der Waals surface area contributed by atoms with E-state index in [1.807, 2.05) is 0 Å². The van der Waals surface area contributed by atoms with Crippen LogP contribution in [0.4, 0.5) is 0 Å². The summed E-state index contributed by atoms with van der Waals surface area (Å²) in [6.07, 6.45) is 10.0. The molecule has 0 saturated carbocycles. The fourth-order valence-electron chi connectivity index (χ4n) is 2.25. The second-order valence-corrected chi connectivity index (χ2v) is 4.53. The summed E-state index contributed by atoms with van der Waals surface area (Å²) in [6.45, 7) is 7.14. The highest BCUT2D eigenvalue weighted by Gasteiger charge is 2.25. The first kappa shape index (κ1) is 14.0. The molecule has 0 saturated heterocycles. The summed E-state index contributed by atoms with van der Waals surface area (Å²) in [6, 6.07) is 0. The van der Waals surface area contributed by atoms with E-state index in [0.29, 0.717) is 12.0 Å². The first-order valence-electron chi connectivity index (χ1n) is 6.35. The highest BCUT2D eigenvalue weighted by molar-refractivity contribution is 4.77. The van der Waals surface area contributed by atoms with Crippen molar-refractivity contribution >= 4 is 0 Å². The summed E-state index contributed by atoms with van der Waals surface area (Å²) in [7, 11) is 0. The highest BCUT2D eigenvalue weighted by atomic mass is 16.3. The van der Waals surface area contributed by atoms with E-state index >= 15 is 0 Å². The van der Waals surface area contributed by atoms with E-state index < -0.39 is 0 Å². The Morgan fingerprint density at radius 1 is 0.857 bits per heavy atom. The lowest BCUT2D eigenvalue weighted by molar-refractivity contribution is 0.144. The third-order valence-corrected chi connectivity index (χ3v) is 3.51. The second kappa shape index (κ2) is 8.28. The fraction of sp³-hybridized carbons (Fsp3) is 1.00. The summed E-state index contributed by atoms with van der Waals surface area (Å²) in [4.78, 5) is 0. The zero-order chi connectivity index (χ0) is 10.9. The van der Waals surface area contributed by atoms with Gasteiger partial charge >= 0.3 is 0 Å². The van der Waals surface area contributed by atoms with E-state index in [2.05, 4.69) is 20.8 Å². The van der Waals surface area contributed by atoms with Crippen LogP contribution in [0.2, 0.25) is 0 Å². The number of hydrogen-bond donors (Lipinski definition) is 1. The molecule has 0 aromatic carbocycles. The van der Waals surface area contributed by atoms with Crippen LogP contribution in [0, 0.1) is 5.41 Å². The normalized spacial score (nSPS) is 12.0. The molecule has 0 aliphatic rings. The van der Waals surface area contributed by atoms with Gasteiger partial charge < -0.3 is 5.11 Å². The highest BCUT2D eigenvalue weighted by Crippen LogP contribution is 2.37. The number of hydrogen-bond acceptors (Lipinski definition) is 1. The number of unbranched alkanes of at least 4 members (excludes halogenated alkanes) is 2. The molecule has 0 fully saturated rings. The van der Waals surface area contributed by atoms with Gasteiger partial charge in [0, 0.05) is 6.61 Å². The molecule has 1 N–H and O–H groups in total. The van der Waals surface area contributed by atoms with Gasteiger partial charge in [0.15, 0.2) is 0 Å². The zero-order valence-corrected chi connectivity index (χ0v) is 10.3. The SMILES string of the molecule is CCCCC(CC)(CCO)CCCC. The minimum Gasteiger partial charge on any atom is -0.396 e. The molecule has 0 radical (unpaired) electrons. The van der Waals surface area contributed by atoms with E-state index in [1.165, 1.54) is 44.9 Å². The molecule has 86 valence electrons. The molecule has 0 unspecified atom stereocenters. The van der Waals surface area contributed by atoms with E-state index in [4.69, 9.17) is 5.11 Å². The smallest absolute Gasteiger partial charge is 0.0436 e. The Kier molecular flexibility index (Phi) is 8.26. The standard InChI is InChI=1S/C13H28O/c1-4-7-9-13(6-3,11-12-14)10-8-5-2/h14H,4-12H2,1-3H3. The van der Waals surface area contributed by atoms with Gasteiger partial charge in [-0.15, -0.1) is 0 Å². The Morgan fingerprint density at radius 2 is 1.36 bits per heavy atom. The molecule has 0 amide bonds. The largest absolute Gasteiger partial charge is 0.396 e. The van der Waals surface area contributed by atoms with Crippen LogP contribution in [0.1, 0.15) is 72.1 Å². The van der Waals surface area contributed by atoms with Gasteiger partial charge in [0.1, 0.15) is 0 Å². The van der Waals surface area contributed by atoms with Gasteiger partial charge in [0.2, 0.25) is 0 Å². The lowest BCUT2D eigenvalue weighted by Gasteiger charge is -2.32. The predicted octanol–water partition coefficient (Wildman–Crippen LogP) is 4.15. The summed E-state index contributed by atoms with van der Waals surface area (Å²) >= 11 is 0. The van der Waals surface area contributed by atoms with E-state index in [0.717, 1.165) is 6.42 Å². The quantitative estimate of drug-likeness (QED) is 0.593. The predicted molar refractivity (Wildman–Crippen MR) is 63.5 cm³/mol. The van der Waals surface area contributed by atoms with Gasteiger partial charge in [-0.3, -0.25) is 0 Å². The van der Waals surface area contributed by atoms with Crippen LogP contribution in [-0.4, -0.2) is 11.7 Å². The molecular weight excluding hydrogens is 172 g/mol. The monoisotopic (exact) mass is 200 g/mol. The Hall–Kier alpha value is -0.0400. The molecule has 0 bridgehead atoms. The fourth-order valence-corrected chi connectivity index (χ4v) is 2.25. The molecule has 0 aliphatic heterocycles. The lowest BCUT2D eigenvalue weighted by atomic mass is 9.74. The summed E-state index contributed by atoms with van der Waals surface area (Å²) in [5.41, 5.74) is 0.445. The van der Waals surface area contributed by atoms with Gasteiger partial charge in [-0.25, -0.2) is 0 Å². The van der Waals surface area contributed by atoms with Crippen LogP contribution in [-0.2, 0) is 0 Å². The van der Waals surface area contributed by atoms with Gasteiger partial charge in [-0.05, 0) is 24.7 Å². The molecule has 1 nitrogen and oxygen atoms in total.